The minimum Gasteiger partial charge on any atom is -0.477 e. The Morgan fingerprint density at radius 2 is 2.00 bits per heavy atom. The number of nitrogens with one attached hydrogen (secondary N) is 1. The predicted octanol–water partition coefficient (Wildman–Crippen LogP) is 3.82. The Hall–Kier alpha value is -1.32. The van der Waals surface area contributed by atoms with Gasteiger partial charge in [0, 0.05) is 19.0 Å². The lowest BCUT2D eigenvalue weighted by Crippen LogP contribution is -2.11. The molecule has 4 heteroatoms. The van der Waals surface area contributed by atoms with E-state index in [1.54, 1.807) is 0 Å². The highest BCUT2D eigenvalue weighted by Gasteiger charge is 2.16. The number of nitrogens with zero attached hydrogens (tertiary/aromatic N) is 2. The second kappa shape index (κ2) is 8.08. The Labute approximate surface area is 122 Å². The van der Waals surface area contributed by atoms with Crippen molar-refractivity contribution in [3.63, 3.8) is 0 Å². The molecule has 0 saturated heterocycles. The minimum atomic E-state index is 0.714. The number of rotatable bonds is 8. The van der Waals surface area contributed by atoms with Gasteiger partial charge < -0.3 is 10.1 Å². The van der Waals surface area contributed by atoms with Crippen molar-refractivity contribution in [1.29, 1.82) is 0 Å². The van der Waals surface area contributed by atoms with Crippen molar-refractivity contribution in [3.05, 3.63) is 11.9 Å². The summed E-state index contributed by atoms with van der Waals surface area (Å²) in [5.74, 6) is 3.22. The van der Waals surface area contributed by atoms with Gasteiger partial charge in [0.2, 0.25) is 5.88 Å². The van der Waals surface area contributed by atoms with Crippen LogP contribution in [0.5, 0.6) is 5.88 Å². The molecule has 0 spiro atoms. The molecule has 112 valence electrons. The summed E-state index contributed by atoms with van der Waals surface area (Å²) < 4.78 is 5.91. The molecule has 1 saturated carbocycles. The molecule has 0 radical (unpaired) electrons. The minimum absolute atomic E-state index is 0.714. The normalized spacial score (nSPS) is 15.5. The van der Waals surface area contributed by atoms with Crippen LogP contribution >= 0.6 is 0 Å². The fourth-order valence-corrected chi connectivity index (χ4v) is 2.61. The Balaban J connectivity index is 1.98. The van der Waals surface area contributed by atoms with Crippen molar-refractivity contribution in [2.24, 2.45) is 5.92 Å². The maximum atomic E-state index is 5.91. The first-order chi connectivity index (χ1) is 9.81. The molecular formula is C16H27N3O. The molecule has 0 atom stereocenters. The lowest BCUT2D eigenvalue weighted by atomic mass is 10.1. The van der Waals surface area contributed by atoms with E-state index < -0.39 is 0 Å². The topological polar surface area (TPSA) is 47.0 Å². The molecule has 1 aromatic rings. The maximum Gasteiger partial charge on any atom is 0.218 e. The zero-order chi connectivity index (χ0) is 14.2. The summed E-state index contributed by atoms with van der Waals surface area (Å²) in [6.45, 7) is 6.04. The molecule has 1 heterocycles. The number of hydrogen-bond donors (Lipinski definition) is 1. The van der Waals surface area contributed by atoms with E-state index in [1.807, 2.05) is 6.07 Å². The number of hydrogen-bond acceptors (Lipinski definition) is 4. The summed E-state index contributed by atoms with van der Waals surface area (Å²) in [4.78, 5) is 9.06. The third kappa shape index (κ3) is 4.66. The highest BCUT2D eigenvalue weighted by Crippen LogP contribution is 2.25. The van der Waals surface area contributed by atoms with Crippen LogP contribution < -0.4 is 10.1 Å². The molecule has 4 nitrogen and oxygen atoms in total. The van der Waals surface area contributed by atoms with Crippen LogP contribution in [-0.4, -0.2) is 23.1 Å². The molecule has 1 fully saturated rings. The van der Waals surface area contributed by atoms with Crippen LogP contribution in [0.15, 0.2) is 6.07 Å². The fraction of sp³-hybridized carbons (Fsp3) is 0.750. The van der Waals surface area contributed by atoms with E-state index in [9.17, 15) is 0 Å². The van der Waals surface area contributed by atoms with Gasteiger partial charge in [0.05, 0.1) is 6.61 Å². The average Bonchev–Trinajstić information content (AvgIpc) is 2.96. The Morgan fingerprint density at radius 3 is 2.70 bits per heavy atom. The standard InChI is InChI=1S/C16H27N3O/c1-3-7-14-18-15(17-10-4-2)11-16(19-14)20-12-13-8-5-6-9-13/h11,13H,3-10,12H2,1-2H3,(H,17,18,19). The van der Waals surface area contributed by atoms with E-state index >= 15 is 0 Å². The van der Waals surface area contributed by atoms with Crippen molar-refractivity contribution >= 4 is 5.82 Å². The largest absolute Gasteiger partial charge is 0.477 e. The van der Waals surface area contributed by atoms with Crippen LogP contribution in [0.3, 0.4) is 0 Å². The molecule has 1 N–H and O–H groups in total. The summed E-state index contributed by atoms with van der Waals surface area (Å²) in [6, 6.07) is 1.93. The van der Waals surface area contributed by atoms with Gasteiger partial charge in [0.25, 0.3) is 0 Å². The highest BCUT2D eigenvalue weighted by atomic mass is 16.5. The van der Waals surface area contributed by atoms with Gasteiger partial charge in [-0.2, -0.15) is 4.98 Å². The molecule has 0 aromatic carbocycles. The van der Waals surface area contributed by atoms with Gasteiger partial charge in [-0.1, -0.05) is 26.7 Å². The van der Waals surface area contributed by atoms with Gasteiger partial charge in [0.1, 0.15) is 11.6 Å². The van der Waals surface area contributed by atoms with E-state index in [1.165, 1.54) is 25.7 Å². The van der Waals surface area contributed by atoms with E-state index in [0.717, 1.165) is 49.9 Å². The SMILES string of the molecule is CCCNc1cc(OCC2CCCC2)nc(CCC)n1. The predicted molar refractivity (Wildman–Crippen MR) is 82.3 cm³/mol. The first-order valence-corrected chi connectivity index (χ1v) is 8.06. The Bertz CT molecular complexity index is 403. The Kier molecular flexibility index (Phi) is 6.09. The van der Waals surface area contributed by atoms with Crippen LogP contribution in [-0.2, 0) is 6.42 Å². The van der Waals surface area contributed by atoms with Crippen LogP contribution in [0.1, 0.15) is 58.2 Å². The van der Waals surface area contributed by atoms with Gasteiger partial charge in [-0.3, -0.25) is 0 Å². The second-order valence-electron chi connectivity index (χ2n) is 5.65. The van der Waals surface area contributed by atoms with Crippen LogP contribution in [0, 0.1) is 5.92 Å². The highest BCUT2D eigenvalue weighted by molar-refractivity contribution is 5.38. The Morgan fingerprint density at radius 1 is 1.20 bits per heavy atom. The van der Waals surface area contributed by atoms with Crippen LogP contribution in [0.25, 0.3) is 0 Å². The summed E-state index contributed by atoms with van der Waals surface area (Å²) in [5, 5.41) is 3.33. The van der Waals surface area contributed by atoms with E-state index in [2.05, 4.69) is 29.1 Å². The van der Waals surface area contributed by atoms with Gasteiger partial charge in [-0.05, 0) is 31.6 Å². The maximum absolute atomic E-state index is 5.91. The lowest BCUT2D eigenvalue weighted by Gasteiger charge is -2.13. The summed E-state index contributed by atoms with van der Waals surface area (Å²) in [5.41, 5.74) is 0. The van der Waals surface area contributed by atoms with Gasteiger partial charge in [-0.15, -0.1) is 0 Å². The van der Waals surface area contributed by atoms with Crippen molar-refractivity contribution in [2.45, 2.75) is 58.8 Å². The fourth-order valence-electron chi connectivity index (χ4n) is 2.61. The monoisotopic (exact) mass is 277 g/mol. The molecular weight excluding hydrogens is 250 g/mol. The molecule has 20 heavy (non-hydrogen) atoms. The van der Waals surface area contributed by atoms with Crippen LogP contribution in [0.4, 0.5) is 5.82 Å². The van der Waals surface area contributed by atoms with Crippen molar-refractivity contribution in [1.82, 2.24) is 9.97 Å². The number of aryl methyl sites for hydroxylation is 1. The van der Waals surface area contributed by atoms with E-state index in [4.69, 9.17) is 4.74 Å². The molecule has 1 aromatic heterocycles. The molecule has 1 aliphatic rings. The number of aromatic nitrogens is 2. The average molecular weight is 277 g/mol. The van der Waals surface area contributed by atoms with E-state index in [0.29, 0.717) is 5.92 Å². The molecule has 1 aliphatic carbocycles. The smallest absolute Gasteiger partial charge is 0.218 e. The summed E-state index contributed by atoms with van der Waals surface area (Å²) in [6.07, 6.45) is 8.35. The van der Waals surface area contributed by atoms with Crippen LogP contribution in [0.2, 0.25) is 0 Å². The van der Waals surface area contributed by atoms with Gasteiger partial charge in [0.15, 0.2) is 0 Å². The first kappa shape index (κ1) is 15.1. The summed E-state index contributed by atoms with van der Waals surface area (Å²) in [7, 11) is 0. The van der Waals surface area contributed by atoms with Gasteiger partial charge in [-0.25, -0.2) is 4.98 Å². The molecule has 0 amide bonds. The first-order valence-electron chi connectivity index (χ1n) is 8.06. The van der Waals surface area contributed by atoms with Crippen molar-refractivity contribution < 1.29 is 4.74 Å². The third-order valence-corrected chi connectivity index (χ3v) is 3.72. The molecule has 0 unspecified atom stereocenters. The zero-order valence-corrected chi connectivity index (χ0v) is 12.8. The second-order valence-corrected chi connectivity index (χ2v) is 5.65. The third-order valence-electron chi connectivity index (χ3n) is 3.72. The quantitative estimate of drug-likeness (QED) is 0.784. The van der Waals surface area contributed by atoms with Crippen molar-refractivity contribution in [2.75, 3.05) is 18.5 Å². The molecule has 0 bridgehead atoms. The summed E-state index contributed by atoms with van der Waals surface area (Å²) >= 11 is 0. The molecule has 2 rings (SSSR count). The van der Waals surface area contributed by atoms with Crippen molar-refractivity contribution in [3.8, 4) is 5.88 Å². The number of ether oxygens (including phenoxy) is 1. The van der Waals surface area contributed by atoms with E-state index in [-0.39, 0.29) is 0 Å². The number of anilines is 1. The molecule has 0 aliphatic heterocycles. The lowest BCUT2D eigenvalue weighted by molar-refractivity contribution is 0.242. The van der Waals surface area contributed by atoms with Gasteiger partial charge >= 0.3 is 0 Å². The zero-order valence-electron chi connectivity index (χ0n) is 12.8.